The maximum absolute atomic E-state index is 12.7. The van der Waals surface area contributed by atoms with Crippen molar-refractivity contribution >= 4 is 17.6 Å². The zero-order valence-corrected chi connectivity index (χ0v) is 14.8. The fourth-order valence-electron chi connectivity index (χ4n) is 2.47. The fourth-order valence-corrected chi connectivity index (χ4v) is 2.47. The third-order valence-electron chi connectivity index (χ3n) is 3.80. The van der Waals surface area contributed by atoms with Gasteiger partial charge in [0.05, 0.1) is 5.56 Å². The first-order valence-electron chi connectivity index (χ1n) is 8.35. The fraction of sp³-hybridized carbons (Fsp3) is 0.278. The zero-order chi connectivity index (χ0) is 21.0. The lowest BCUT2D eigenvalue weighted by molar-refractivity contribution is -0.148. The topological polar surface area (TPSA) is 95.9 Å². The molecular formula is C18H15F3N2O6. The Hall–Kier alpha value is -3.50. The molecule has 0 radical (unpaired) electrons. The summed E-state index contributed by atoms with van der Waals surface area (Å²) in [6, 6.07) is 6.03. The number of rotatable bonds is 5. The van der Waals surface area contributed by atoms with E-state index in [-0.39, 0.29) is 0 Å². The van der Waals surface area contributed by atoms with Gasteiger partial charge >= 0.3 is 12.1 Å². The first-order valence-corrected chi connectivity index (χ1v) is 8.35. The van der Waals surface area contributed by atoms with Crippen molar-refractivity contribution in [2.45, 2.75) is 12.7 Å². The van der Waals surface area contributed by atoms with Gasteiger partial charge in [0.25, 0.3) is 11.5 Å². The van der Waals surface area contributed by atoms with Gasteiger partial charge < -0.3 is 24.1 Å². The van der Waals surface area contributed by atoms with Crippen LogP contribution >= 0.6 is 0 Å². The van der Waals surface area contributed by atoms with Crippen LogP contribution in [0.5, 0.6) is 11.5 Å². The Kier molecular flexibility index (Phi) is 5.76. The first kappa shape index (κ1) is 20.2. The number of halogens is 3. The average molecular weight is 412 g/mol. The number of fused-ring (bicyclic) bond motifs is 1. The summed E-state index contributed by atoms with van der Waals surface area (Å²) in [5, 5.41) is 2.48. The second kappa shape index (κ2) is 8.25. The van der Waals surface area contributed by atoms with Gasteiger partial charge in [-0.05, 0) is 18.2 Å². The number of carbonyl (C=O) groups excluding carboxylic acids is 2. The van der Waals surface area contributed by atoms with Crippen molar-refractivity contribution in [2.24, 2.45) is 0 Å². The molecular weight excluding hydrogens is 397 g/mol. The summed E-state index contributed by atoms with van der Waals surface area (Å²) in [6.07, 6.45) is -4.15. The molecule has 1 aromatic heterocycles. The molecule has 1 aromatic carbocycles. The quantitative estimate of drug-likeness (QED) is 0.753. The van der Waals surface area contributed by atoms with Gasteiger partial charge in [-0.15, -0.1) is 0 Å². The number of alkyl halides is 3. The molecule has 1 amide bonds. The number of benzene rings is 1. The maximum Gasteiger partial charge on any atom is 0.417 e. The van der Waals surface area contributed by atoms with Crippen LogP contribution in [0.4, 0.5) is 18.9 Å². The molecule has 154 valence electrons. The SMILES string of the molecule is O=C(COC(=O)Cn1cc(C(F)(F)F)ccc1=O)Nc1ccc2c(c1)OCCO2. The molecule has 3 rings (SSSR count). The third-order valence-corrected chi connectivity index (χ3v) is 3.80. The number of ether oxygens (including phenoxy) is 3. The molecule has 0 saturated carbocycles. The number of hydrogen-bond donors (Lipinski definition) is 1. The van der Waals surface area contributed by atoms with Crippen LogP contribution in [-0.2, 0) is 27.0 Å². The number of hydrogen-bond acceptors (Lipinski definition) is 6. The lowest BCUT2D eigenvalue weighted by Gasteiger charge is -2.19. The summed E-state index contributed by atoms with van der Waals surface area (Å²) in [5.41, 5.74) is -1.51. The van der Waals surface area contributed by atoms with Gasteiger partial charge in [-0.3, -0.25) is 14.4 Å². The Bertz CT molecular complexity index is 986. The molecule has 1 N–H and O–H groups in total. The predicted molar refractivity (Wildman–Crippen MR) is 92.7 cm³/mol. The number of carbonyl (C=O) groups is 2. The lowest BCUT2D eigenvalue weighted by atomic mass is 10.2. The molecule has 29 heavy (non-hydrogen) atoms. The minimum absolute atomic E-state index is 0.372. The number of nitrogens with zero attached hydrogens (tertiary/aromatic N) is 1. The Morgan fingerprint density at radius 2 is 1.83 bits per heavy atom. The summed E-state index contributed by atoms with van der Waals surface area (Å²) in [7, 11) is 0. The van der Waals surface area contributed by atoms with Crippen LogP contribution in [0.2, 0.25) is 0 Å². The number of anilines is 1. The Balaban J connectivity index is 1.54. The first-order chi connectivity index (χ1) is 13.7. The normalized spacial score (nSPS) is 12.9. The van der Waals surface area contributed by atoms with Crippen molar-refractivity contribution in [1.82, 2.24) is 4.57 Å². The molecule has 0 aliphatic carbocycles. The number of aromatic nitrogens is 1. The second-order valence-corrected chi connectivity index (χ2v) is 5.95. The number of esters is 1. The van der Waals surface area contributed by atoms with Gasteiger partial charge in [-0.25, -0.2) is 0 Å². The van der Waals surface area contributed by atoms with Crippen molar-refractivity contribution in [2.75, 3.05) is 25.1 Å². The number of amides is 1. The summed E-state index contributed by atoms with van der Waals surface area (Å²) < 4.78 is 54.1. The highest BCUT2D eigenvalue weighted by molar-refractivity contribution is 5.93. The molecule has 0 atom stereocenters. The molecule has 1 aliphatic heterocycles. The zero-order valence-electron chi connectivity index (χ0n) is 14.8. The molecule has 0 saturated heterocycles. The largest absolute Gasteiger partial charge is 0.486 e. The van der Waals surface area contributed by atoms with Crippen molar-refractivity contribution in [3.05, 3.63) is 52.4 Å². The Labute approximate surface area is 161 Å². The third kappa shape index (κ3) is 5.27. The van der Waals surface area contributed by atoms with Gasteiger partial charge in [-0.2, -0.15) is 13.2 Å². The van der Waals surface area contributed by atoms with E-state index in [2.05, 4.69) is 5.32 Å². The van der Waals surface area contributed by atoms with Crippen molar-refractivity contribution < 1.29 is 37.0 Å². The van der Waals surface area contributed by atoms with Crippen LogP contribution in [0.1, 0.15) is 5.56 Å². The van der Waals surface area contributed by atoms with E-state index < -0.39 is 42.3 Å². The van der Waals surface area contributed by atoms with Gasteiger partial charge in [0.15, 0.2) is 18.1 Å². The Morgan fingerprint density at radius 1 is 1.10 bits per heavy atom. The van der Waals surface area contributed by atoms with Crippen LogP contribution in [0.3, 0.4) is 0 Å². The molecule has 0 unspecified atom stereocenters. The molecule has 0 bridgehead atoms. The Morgan fingerprint density at radius 3 is 2.55 bits per heavy atom. The van der Waals surface area contributed by atoms with E-state index in [1.54, 1.807) is 12.1 Å². The van der Waals surface area contributed by atoms with E-state index in [4.69, 9.17) is 14.2 Å². The van der Waals surface area contributed by atoms with Crippen LogP contribution in [0.25, 0.3) is 0 Å². The average Bonchev–Trinajstić information content (AvgIpc) is 2.67. The minimum atomic E-state index is -4.66. The lowest BCUT2D eigenvalue weighted by Crippen LogP contribution is -2.28. The maximum atomic E-state index is 12.7. The summed E-state index contributed by atoms with van der Waals surface area (Å²) in [6.45, 7) is -0.651. The van der Waals surface area contributed by atoms with Gasteiger partial charge in [-0.1, -0.05) is 0 Å². The summed E-state index contributed by atoms with van der Waals surface area (Å²) >= 11 is 0. The smallest absolute Gasteiger partial charge is 0.417 e. The minimum Gasteiger partial charge on any atom is -0.486 e. The van der Waals surface area contributed by atoms with Crippen LogP contribution in [0.15, 0.2) is 41.3 Å². The summed E-state index contributed by atoms with van der Waals surface area (Å²) in [5.74, 6) is -0.725. The van der Waals surface area contributed by atoms with Crippen LogP contribution < -0.4 is 20.3 Å². The highest BCUT2D eigenvalue weighted by atomic mass is 19.4. The molecule has 0 spiro atoms. The van der Waals surface area contributed by atoms with E-state index >= 15 is 0 Å². The molecule has 1 aliphatic rings. The number of pyridine rings is 1. The standard InChI is InChI=1S/C18H15F3N2O6/c19-18(20,21)11-1-4-16(25)23(8-11)9-17(26)29-10-15(24)22-12-2-3-13-14(7-12)28-6-5-27-13/h1-4,7-8H,5-6,9-10H2,(H,22,24). The van der Waals surface area contributed by atoms with Gasteiger partial charge in [0.1, 0.15) is 19.8 Å². The molecule has 8 nitrogen and oxygen atoms in total. The molecule has 2 aromatic rings. The van der Waals surface area contributed by atoms with E-state index in [1.165, 1.54) is 6.07 Å². The highest BCUT2D eigenvalue weighted by Gasteiger charge is 2.31. The second-order valence-electron chi connectivity index (χ2n) is 5.95. The molecule has 2 heterocycles. The van der Waals surface area contributed by atoms with E-state index in [0.717, 1.165) is 0 Å². The van der Waals surface area contributed by atoms with Crippen molar-refractivity contribution in [3.8, 4) is 11.5 Å². The predicted octanol–water partition coefficient (Wildman–Crippen LogP) is 1.82. The van der Waals surface area contributed by atoms with Crippen molar-refractivity contribution in [3.63, 3.8) is 0 Å². The van der Waals surface area contributed by atoms with E-state index in [1.807, 2.05) is 0 Å². The van der Waals surface area contributed by atoms with Crippen molar-refractivity contribution in [1.29, 1.82) is 0 Å². The summed E-state index contributed by atoms with van der Waals surface area (Å²) in [4.78, 5) is 35.3. The van der Waals surface area contributed by atoms with Crippen LogP contribution in [0, 0.1) is 0 Å². The molecule has 0 fully saturated rings. The highest BCUT2D eigenvalue weighted by Crippen LogP contribution is 2.32. The molecule has 11 heteroatoms. The number of nitrogens with one attached hydrogen (secondary N) is 1. The van der Waals surface area contributed by atoms with Crippen LogP contribution in [-0.4, -0.2) is 36.3 Å². The van der Waals surface area contributed by atoms with Gasteiger partial charge in [0, 0.05) is 24.0 Å². The van der Waals surface area contributed by atoms with Gasteiger partial charge in [0.2, 0.25) is 0 Å². The van der Waals surface area contributed by atoms with E-state index in [0.29, 0.717) is 53.3 Å². The van der Waals surface area contributed by atoms with E-state index in [9.17, 15) is 27.6 Å². The monoisotopic (exact) mass is 412 g/mol.